The molecule has 0 aliphatic heterocycles. The van der Waals surface area contributed by atoms with Crippen molar-refractivity contribution in [3.8, 4) is 5.75 Å². The predicted octanol–water partition coefficient (Wildman–Crippen LogP) is 7.73. The Labute approximate surface area is 225 Å². The van der Waals surface area contributed by atoms with Gasteiger partial charge in [0.15, 0.2) is 0 Å². The molecule has 1 amide bonds. The largest absolute Gasteiger partial charge is 0.489 e. The van der Waals surface area contributed by atoms with E-state index in [1.54, 1.807) is 18.2 Å². The first-order chi connectivity index (χ1) is 17.4. The molecule has 0 spiro atoms. The van der Waals surface area contributed by atoms with Gasteiger partial charge in [0, 0.05) is 18.2 Å². The second-order valence-corrected chi connectivity index (χ2v) is 9.81. The highest BCUT2D eigenvalue weighted by Crippen LogP contribution is 2.25. The number of nitrogens with zero attached hydrogens (tertiary/aromatic N) is 2. The minimum absolute atomic E-state index is 0.0479. The Morgan fingerprint density at radius 1 is 0.889 bits per heavy atom. The minimum Gasteiger partial charge on any atom is -0.489 e. The smallest absolute Gasteiger partial charge is 0.254 e. The van der Waals surface area contributed by atoms with E-state index in [0.717, 1.165) is 49.4 Å². The molecule has 3 aromatic rings. The molecule has 0 aliphatic rings. The van der Waals surface area contributed by atoms with Crippen LogP contribution in [0.4, 0.5) is 0 Å². The van der Waals surface area contributed by atoms with Crippen LogP contribution >= 0.6 is 23.2 Å². The van der Waals surface area contributed by atoms with E-state index < -0.39 is 0 Å². The quantitative estimate of drug-likeness (QED) is 0.228. The Kier molecular flexibility index (Phi) is 11.1. The average molecular weight is 528 g/mol. The number of hydrogen-bond donors (Lipinski definition) is 0. The Bertz CT molecular complexity index is 1090. The summed E-state index contributed by atoms with van der Waals surface area (Å²) in [5.41, 5.74) is 2.72. The van der Waals surface area contributed by atoms with Crippen molar-refractivity contribution in [3.63, 3.8) is 0 Å². The van der Waals surface area contributed by atoms with Gasteiger partial charge in [-0.1, -0.05) is 79.5 Å². The van der Waals surface area contributed by atoms with Crippen LogP contribution in [0, 0.1) is 0 Å². The highest BCUT2D eigenvalue weighted by molar-refractivity contribution is 6.42. The molecule has 0 heterocycles. The zero-order chi connectivity index (χ0) is 25.9. The van der Waals surface area contributed by atoms with Crippen molar-refractivity contribution in [3.05, 3.63) is 99.5 Å². The zero-order valence-electron chi connectivity index (χ0n) is 21.4. The summed E-state index contributed by atoms with van der Waals surface area (Å²) in [5.74, 6) is 0.755. The maximum Gasteiger partial charge on any atom is 0.254 e. The standard InChI is InChI=1S/C30H36Cl2N2O2/c1-4-33(5-2)19-9-10-23(3)34(30(35)26-15-18-28(31)29(32)20-26)21-24-13-16-27(17-14-24)36-22-25-11-7-6-8-12-25/h6-8,11-18,20,23H,4-5,9-10,19,21-22H2,1-3H3. The van der Waals surface area contributed by atoms with Crippen molar-refractivity contribution in [2.45, 2.75) is 52.8 Å². The summed E-state index contributed by atoms with van der Waals surface area (Å²) < 4.78 is 5.93. The summed E-state index contributed by atoms with van der Waals surface area (Å²) >= 11 is 12.3. The molecule has 6 heteroatoms. The lowest BCUT2D eigenvalue weighted by Crippen LogP contribution is -2.38. The van der Waals surface area contributed by atoms with E-state index in [4.69, 9.17) is 27.9 Å². The number of rotatable bonds is 13. The van der Waals surface area contributed by atoms with Crippen LogP contribution in [0.2, 0.25) is 10.0 Å². The van der Waals surface area contributed by atoms with Crippen molar-refractivity contribution < 1.29 is 9.53 Å². The molecule has 0 radical (unpaired) electrons. The van der Waals surface area contributed by atoms with E-state index in [0.29, 0.717) is 28.8 Å². The third kappa shape index (κ3) is 8.26. The normalized spacial score (nSPS) is 11.9. The summed E-state index contributed by atoms with van der Waals surface area (Å²) in [7, 11) is 0. The molecule has 0 aliphatic carbocycles. The fourth-order valence-electron chi connectivity index (χ4n) is 4.16. The molecule has 3 rings (SSSR count). The van der Waals surface area contributed by atoms with E-state index >= 15 is 0 Å². The number of benzene rings is 3. The highest BCUT2D eigenvalue weighted by atomic mass is 35.5. The maximum absolute atomic E-state index is 13.6. The molecular formula is C30H36Cl2N2O2. The molecule has 1 atom stereocenters. The van der Waals surface area contributed by atoms with Gasteiger partial charge in [-0.05, 0) is 80.9 Å². The molecule has 0 fully saturated rings. The fourth-order valence-corrected chi connectivity index (χ4v) is 4.46. The summed E-state index contributed by atoms with van der Waals surface area (Å²) in [6.07, 6.45) is 1.95. The Hall–Kier alpha value is -2.53. The van der Waals surface area contributed by atoms with E-state index in [1.807, 2.05) is 59.5 Å². The lowest BCUT2D eigenvalue weighted by molar-refractivity contribution is 0.0662. The van der Waals surface area contributed by atoms with Gasteiger partial charge >= 0.3 is 0 Å². The van der Waals surface area contributed by atoms with Gasteiger partial charge in [0.25, 0.3) is 5.91 Å². The summed E-state index contributed by atoms with van der Waals surface area (Å²) in [4.78, 5) is 17.9. The number of amides is 1. The number of ether oxygens (including phenoxy) is 1. The van der Waals surface area contributed by atoms with Crippen molar-refractivity contribution in [2.24, 2.45) is 0 Å². The van der Waals surface area contributed by atoms with E-state index in [2.05, 4.69) is 25.7 Å². The summed E-state index contributed by atoms with van der Waals surface area (Å²) in [5, 5.41) is 0.828. The van der Waals surface area contributed by atoms with Gasteiger partial charge < -0.3 is 14.5 Å². The Morgan fingerprint density at radius 3 is 2.22 bits per heavy atom. The monoisotopic (exact) mass is 526 g/mol. The van der Waals surface area contributed by atoms with Gasteiger partial charge in [0.05, 0.1) is 10.0 Å². The van der Waals surface area contributed by atoms with Gasteiger partial charge in [-0.2, -0.15) is 0 Å². The summed E-state index contributed by atoms with van der Waals surface area (Å²) in [6.45, 7) is 10.6. The molecule has 4 nitrogen and oxygen atoms in total. The molecule has 192 valence electrons. The number of halogens is 2. The molecule has 0 bridgehead atoms. The third-order valence-electron chi connectivity index (χ3n) is 6.47. The van der Waals surface area contributed by atoms with Crippen LogP contribution < -0.4 is 4.74 Å². The minimum atomic E-state index is -0.0479. The van der Waals surface area contributed by atoms with Crippen LogP contribution in [-0.4, -0.2) is 41.4 Å². The van der Waals surface area contributed by atoms with Gasteiger partial charge in [-0.3, -0.25) is 4.79 Å². The van der Waals surface area contributed by atoms with Crippen LogP contribution in [0.3, 0.4) is 0 Å². The maximum atomic E-state index is 13.6. The topological polar surface area (TPSA) is 32.8 Å². The first kappa shape index (κ1) is 28.0. The molecule has 0 saturated carbocycles. The molecule has 0 aromatic heterocycles. The molecular weight excluding hydrogens is 491 g/mol. The number of carbonyl (C=O) groups is 1. The first-order valence-electron chi connectivity index (χ1n) is 12.6. The van der Waals surface area contributed by atoms with Crippen molar-refractivity contribution >= 4 is 29.1 Å². The second-order valence-electron chi connectivity index (χ2n) is 9.00. The van der Waals surface area contributed by atoms with E-state index in [-0.39, 0.29) is 11.9 Å². The van der Waals surface area contributed by atoms with Gasteiger partial charge in [0.1, 0.15) is 12.4 Å². The number of hydrogen-bond acceptors (Lipinski definition) is 3. The molecule has 1 unspecified atom stereocenters. The molecule has 36 heavy (non-hydrogen) atoms. The van der Waals surface area contributed by atoms with E-state index in [1.165, 1.54) is 0 Å². The van der Waals surface area contributed by atoms with Gasteiger partial charge in [-0.25, -0.2) is 0 Å². The third-order valence-corrected chi connectivity index (χ3v) is 7.21. The van der Waals surface area contributed by atoms with Crippen molar-refractivity contribution in [1.29, 1.82) is 0 Å². The van der Waals surface area contributed by atoms with Crippen molar-refractivity contribution in [1.82, 2.24) is 9.80 Å². The van der Waals surface area contributed by atoms with Crippen LogP contribution in [0.1, 0.15) is 55.1 Å². The molecule has 3 aromatic carbocycles. The molecule has 0 saturated heterocycles. The van der Waals surface area contributed by atoms with Crippen LogP contribution in [-0.2, 0) is 13.2 Å². The van der Waals surface area contributed by atoms with Crippen LogP contribution in [0.5, 0.6) is 5.75 Å². The SMILES string of the molecule is CCN(CC)CCCC(C)N(Cc1ccc(OCc2ccccc2)cc1)C(=O)c1ccc(Cl)c(Cl)c1. The second kappa shape index (κ2) is 14.3. The predicted molar refractivity (Wildman–Crippen MR) is 150 cm³/mol. The fraction of sp³-hybridized carbons (Fsp3) is 0.367. The highest BCUT2D eigenvalue weighted by Gasteiger charge is 2.22. The molecule has 0 N–H and O–H groups in total. The van der Waals surface area contributed by atoms with Crippen LogP contribution in [0.25, 0.3) is 0 Å². The lowest BCUT2D eigenvalue weighted by Gasteiger charge is -2.30. The number of carbonyl (C=O) groups excluding carboxylic acids is 1. The van der Waals surface area contributed by atoms with Crippen LogP contribution in [0.15, 0.2) is 72.8 Å². The first-order valence-corrected chi connectivity index (χ1v) is 13.4. The zero-order valence-corrected chi connectivity index (χ0v) is 22.9. The average Bonchev–Trinajstić information content (AvgIpc) is 2.91. The summed E-state index contributed by atoms with van der Waals surface area (Å²) in [6, 6.07) is 23.2. The van der Waals surface area contributed by atoms with Crippen molar-refractivity contribution in [2.75, 3.05) is 19.6 Å². The van der Waals surface area contributed by atoms with E-state index in [9.17, 15) is 4.79 Å². The lowest BCUT2D eigenvalue weighted by atomic mass is 10.1. The Balaban J connectivity index is 1.71. The van der Waals surface area contributed by atoms with Gasteiger partial charge in [-0.15, -0.1) is 0 Å². The van der Waals surface area contributed by atoms with Gasteiger partial charge in [0.2, 0.25) is 0 Å². The Morgan fingerprint density at radius 2 is 1.58 bits per heavy atom.